The van der Waals surface area contributed by atoms with Crippen LogP contribution in [0.1, 0.15) is 60.7 Å². The van der Waals surface area contributed by atoms with Crippen molar-refractivity contribution in [1.82, 2.24) is 9.88 Å². The zero-order valence-corrected chi connectivity index (χ0v) is 16.4. The van der Waals surface area contributed by atoms with Gasteiger partial charge in [0.05, 0.1) is 6.07 Å². The van der Waals surface area contributed by atoms with E-state index in [0.29, 0.717) is 12.8 Å². The van der Waals surface area contributed by atoms with Gasteiger partial charge >= 0.3 is 5.97 Å². The maximum absolute atomic E-state index is 12.7. The van der Waals surface area contributed by atoms with Gasteiger partial charge in [-0.3, -0.25) is 9.36 Å². The summed E-state index contributed by atoms with van der Waals surface area (Å²) in [6, 6.07) is 7.71. The smallest absolute Gasteiger partial charge is 0.343 e. The Labute approximate surface area is 168 Å². The van der Waals surface area contributed by atoms with E-state index in [-0.39, 0.29) is 22.8 Å². The quantitative estimate of drug-likeness (QED) is 0.778. The Bertz CT molecular complexity index is 985. The number of aromatic nitrogens is 1. The van der Waals surface area contributed by atoms with Crippen LogP contribution < -0.4 is 5.32 Å². The highest BCUT2D eigenvalue weighted by Gasteiger charge is 2.36. The molecule has 1 amide bonds. The van der Waals surface area contributed by atoms with Gasteiger partial charge in [-0.1, -0.05) is 19.3 Å². The summed E-state index contributed by atoms with van der Waals surface area (Å²) >= 11 is 0. The maximum Gasteiger partial charge on any atom is 0.343 e. The average Bonchev–Trinajstić information content (AvgIpc) is 3.35. The Morgan fingerprint density at radius 3 is 2.48 bits per heavy atom. The summed E-state index contributed by atoms with van der Waals surface area (Å²) in [6.07, 6.45) is 6.18. The molecule has 1 fully saturated rings. The van der Waals surface area contributed by atoms with Crippen molar-refractivity contribution in [3.05, 3.63) is 41.4 Å². The highest BCUT2D eigenvalue weighted by atomic mass is 16.5. The topological polar surface area (TPSA) is 121 Å². The fourth-order valence-corrected chi connectivity index (χ4v) is 3.56. The van der Waals surface area contributed by atoms with Gasteiger partial charge in [0.15, 0.2) is 6.10 Å². The third kappa shape index (κ3) is 4.02. The number of nitriles is 2. The number of furan rings is 1. The minimum absolute atomic E-state index is 0.0106. The molecule has 3 rings (SSSR count). The zero-order chi connectivity index (χ0) is 21.0. The van der Waals surface area contributed by atoms with Crippen LogP contribution in [0, 0.1) is 29.6 Å². The van der Waals surface area contributed by atoms with Crippen LogP contribution >= 0.6 is 0 Å². The molecule has 1 atom stereocenters. The molecule has 1 aliphatic rings. The zero-order valence-electron chi connectivity index (χ0n) is 16.4. The first-order valence-corrected chi connectivity index (χ1v) is 9.52. The molecule has 0 aliphatic heterocycles. The molecule has 1 aliphatic carbocycles. The molecule has 8 heteroatoms. The van der Waals surface area contributed by atoms with Gasteiger partial charge in [-0.15, -0.1) is 0 Å². The molecule has 29 heavy (non-hydrogen) atoms. The molecule has 2 aromatic heterocycles. The first-order chi connectivity index (χ1) is 13.9. The second-order valence-corrected chi connectivity index (χ2v) is 7.21. The van der Waals surface area contributed by atoms with Crippen LogP contribution in [0.15, 0.2) is 28.9 Å². The lowest BCUT2D eigenvalue weighted by Crippen LogP contribution is -2.52. The van der Waals surface area contributed by atoms with Crippen molar-refractivity contribution in [2.45, 2.75) is 57.6 Å². The molecule has 2 heterocycles. The van der Waals surface area contributed by atoms with E-state index in [0.717, 1.165) is 19.3 Å². The molecule has 0 spiro atoms. The molecule has 1 saturated carbocycles. The first-order valence-electron chi connectivity index (χ1n) is 9.52. The molecule has 8 nitrogen and oxygen atoms in total. The van der Waals surface area contributed by atoms with Gasteiger partial charge in [0.25, 0.3) is 5.91 Å². The Morgan fingerprint density at radius 1 is 1.24 bits per heavy atom. The lowest BCUT2D eigenvalue weighted by Gasteiger charge is -2.32. The van der Waals surface area contributed by atoms with Crippen molar-refractivity contribution >= 4 is 11.9 Å². The van der Waals surface area contributed by atoms with E-state index in [1.807, 2.05) is 6.07 Å². The van der Waals surface area contributed by atoms with E-state index in [9.17, 15) is 20.1 Å². The standard InChI is InChI=1S/C21H22N4O4/c1-14-17(16(12-22)19(28-14)25-10-6-7-11-25)20(27)29-15(2)18(26)24-21(13-23)8-4-3-5-9-21/h6-7,10-11,15H,3-5,8-9H2,1-2H3,(H,24,26)/t15-/m1/s1. The van der Waals surface area contributed by atoms with Crippen LogP contribution in [-0.2, 0) is 9.53 Å². The number of hydrogen-bond acceptors (Lipinski definition) is 6. The number of hydrogen-bond donors (Lipinski definition) is 1. The Morgan fingerprint density at radius 2 is 1.90 bits per heavy atom. The number of nitrogens with zero attached hydrogens (tertiary/aromatic N) is 3. The lowest BCUT2D eigenvalue weighted by atomic mass is 9.83. The van der Waals surface area contributed by atoms with Crippen LogP contribution in [-0.4, -0.2) is 28.1 Å². The molecular formula is C21H22N4O4. The number of aryl methyl sites for hydroxylation is 1. The summed E-state index contributed by atoms with van der Waals surface area (Å²) in [5.74, 6) is -0.918. The molecule has 0 aromatic carbocycles. The molecule has 150 valence electrons. The van der Waals surface area contributed by atoms with Crippen molar-refractivity contribution in [3.8, 4) is 18.0 Å². The Balaban J connectivity index is 1.76. The fourth-order valence-electron chi connectivity index (χ4n) is 3.56. The third-order valence-electron chi connectivity index (χ3n) is 5.16. The third-order valence-corrected chi connectivity index (χ3v) is 5.16. The fraction of sp³-hybridized carbons (Fsp3) is 0.429. The Hall–Kier alpha value is -3.52. The van der Waals surface area contributed by atoms with Crippen molar-refractivity contribution < 1.29 is 18.7 Å². The monoisotopic (exact) mass is 394 g/mol. The van der Waals surface area contributed by atoms with Crippen molar-refractivity contribution in [1.29, 1.82) is 10.5 Å². The predicted molar refractivity (Wildman–Crippen MR) is 102 cm³/mol. The molecule has 0 saturated heterocycles. The molecule has 0 radical (unpaired) electrons. The molecular weight excluding hydrogens is 372 g/mol. The minimum atomic E-state index is -1.12. The van der Waals surface area contributed by atoms with Gasteiger partial charge in [-0.25, -0.2) is 4.79 Å². The van der Waals surface area contributed by atoms with Crippen LogP contribution in [0.25, 0.3) is 5.88 Å². The average molecular weight is 394 g/mol. The van der Waals surface area contributed by atoms with Crippen molar-refractivity contribution in [3.63, 3.8) is 0 Å². The van der Waals surface area contributed by atoms with E-state index < -0.39 is 23.5 Å². The van der Waals surface area contributed by atoms with E-state index in [4.69, 9.17) is 9.15 Å². The van der Waals surface area contributed by atoms with Crippen molar-refractivity contribution in [2.75, 3.05) is 0 Å². The van der Waals surface area contributed by atoms with E-state index in [1.165, 1.54) is 6.92 Å². The summed E-state index contributed by atoms with van der Waals surface area (Å²) < 4.78 is 12.5. The van der Waals surface area contributed by atoms with Gasteiger partial charge in [0, 0.05) is 12.4 Å². The molecule has 1 N–H and O–H groups in total. The predicted octanol–water partition coefficient (Wildman–Crippen LogP) is 3.14. The number of nitrogens with one attached hydrogen (secondary N) is 1. The summed E-state index contributed by atoms with van der Waals surface area (Å²) in [5.41, 5.74) is -0.887. The van der Waals surface area contributed by atoms with Crippen LogP contribution in [0.2, 0.25) is 0 Å². The number of esters is 1. The lowest BCUT2D eigenvalue weighted by molar-refractivity contribution is -0.130. The SMILES string of the molecule is Cc1oc(-n2cccc2)c(C#N)c1C(=O)O[C@H](C)C(=O)NC1(C#N)CCCCC1. The Kier molecular flexibility index (Phi) is 5.74. The number of rotatable bonds is 5. The normalized spacial score (nSPS) is 16.3. The van der Waals surface area contributed by atoms with E-state index in [2.05, 4.69) is 11.4 Å². The van der Waals surface area contributed by atoms with Crippen LogP contribution in [0.4, 0.5) is 0 Å². The molecule has 0 unspecified atom stereocenters. The second kappa shape index (κ2) is 8.24. The number of carbonyl (C=O) groups is 2. The number of amides is 1. The number of carbonyl (C=O) groups excluding carboxylic acids is 2. The second-order valence-electron chi connectivity index (χ2n) is 7.21. The largest absolute Gasteiger partial charge is 0.449 e. The van der Waals surface area contributed by atoms with Crippen molar-refractivity contribution in [2.24, 2.45) is 0 Å². The van der Waals surface area contributed by atoms with Gasteiger partial charge in [0.2, 0.25) is 5.88 Å². The van der Waals surface area contributed by atoms with Gasteiger partial charge in [-0.05, 0) is 38.8 Å². The summed E-state index contributed by atoms with van der Waals surface area (Å²) in [4.78, 5) is 25.2. The molecule has 0 bridgehead atoms. The van der Waals surface area contributed by atoms with Gasteiger partial charge < -0.3 is 14.5 Å². The van der Waals surface area contributed by atoms with E-state index >= 15 is 0 Å². The van der Waals surface area contributed by atoms with Gasteiger partial charge in [0.1, 0.15) is 28.5 Å². The van der Waals surface area contributed by atoms with Gasteiger partial charge in [-0.2, -0.15) is 10.5 Å². The summed E-state index contributed by atoms with van der Waals surface area (Å²) in [6.45, 7) is 3.00. The maximum atomic E-state index is 12.7. The highest BCUT2D eigenvalue weighted by Crippen LogP contribution is 2.28. The first kappa shape index (κ1) is 20.2. The van der Waals surface area contributed by atoms with E-state index in [1.54, 1.807) is 36.0 Å². The molecule has 2 aromatic rings. The van der Waals surface area contributed by atoms with Crippen LogP contribution in [0.5, 0.6) is 0 Å². The minimum Gasteiger partial charge on any atom is -0.449 e. The van der Waals surface area contributed by atoms with Crippen LogP contribution in [0.3, 0.4) is 0 Å². The number of ether oxygens (including phenoxy) is 1. The summed E-state index contributed by atoms with van der Waals surface area (Å²) in [5, 5.41) is 21.8. The highest BCUT2D eigenvalue weighted by molar-refractivity contribution is 5.96. The summed E-state index contributed by atoms with van der Waals surface area (Å²) in [7, 11) is 0.